The van der Waals surface area contributed by atoms with Gasteiger partial charge in [0, 0.05) is 26.5 Å². The smallest absolute Gasteiger partial charge is 0.317 e. The SMILES string of the molecule is Cn1c(=O)c2c(ncn2Cc2nccn2C(F)F)n(C)c1=O. The van der Waals surface area contributed by atoms with Gasteiger partial charge in [-0.1, -0.05) is 0 Å². The van der Waals surface area contributed by atoms with Gasteiger partial charge in [0.2, 0.25) is 0 Å². The van der Waals surface area contributed by atoms with Crippen molar-refractivity contribution in [1.82, 2.24) is 28.2 Å². The molecule has 0 aromatic carbocycles. The third-order valence-electron chi connectivity index (χ3n) is 3.49. The van der Waals surface area contributed by atoms with Gasteiger partial charge < -0.3 is 4.57 Å². The highest BCUT2D eigenvalue weighted by Gasteiger charge is 2.17. The quantitative estimate of drug-likeness (QED) is 0.686. The highest BCUT2D eigenvalue weighted by atomic mass is 19.3. The van der Waals surface area contributed by atoms with Crippen LogP contribution in [-0.2, 0) is 20.6 Å². The Hall–Kier alpha value is -2.78. The second-order valence-corrected chi connectivity index (χ2v) is 4.78. The van der Waals surface area contributed by atoms with Crippen molar-refractivity contribution in [2.45, 2.75) is 13.1 Å². The molecule has 0 fully saturated rings. The fourth-order valence-electron chi connectivity index (χ4n) is 2.31. The number of nitrogens with zero attached hydrogens (tertiary/aromatic N) is 6. The molecule has 0 saturated heterocycles. The minimum atomic E-state index is -2.72. The fraction of sp³-hybridized carbons (Fsp3) is 0.333. The topological polar surface area (TPSA) is 79.6 Å². The molecule has 10 heteroatoms. The Bertz CT molecular complexity index is 964. The number of hydrogen-bond donors (Lipinski definition) is 0. The molecule has 3 rings (SSSR count). The fourth-order valence-corrected chi connectivity index (χ4v) is 2.31. The van der Waals surface area contributed by atoms with E-state index in [1.807, 2.05) is 0 Å². The molecule has 0 radical (unpaired) electrons. The van der Waals surface area contributed by atoms with Crippen molar-refractivity contribution in [3.63, 3.8) is 0 Å². The molecule has 0 atom stereocenters. The van der Waals surface area contributed by atoms with Crippen LogP contribution in [-0.4, -0.2) is 28.2 Å². The summed E-state index contributed by atoms with van der Waals surface area (Å²) in [6.45, 7) is -2.78. The van der Waals surface area contributed by atoms with Crippen LogP contribution in [0.4, 0.5) is 8.78 Å². The van der Waals surface area contributed by atoms with Crippen molar-refractivity contribution >= 4 is 11.2 Å². The molecular weight excluding hydrogens is 298 g/mol. The molecule has 0 N–H and O–H groups in total. The van der Waals surface area contributed by atoms with Crippen molar-refractivity contribution in [1.29, 1.82) is 0 Å². The monoisotopic (exact) mass is 310 g/mol. The van der Waals surface area contributed by atoms with Gasteiger partial charge in [-0.2, -0.15) is 8.78 Å². The van der Waals surface area contributed by atoms with Gasteiger partial charge in [-0.25, -0.2) is 14.8 Å². The molecule has 0 amide bonds. The van der Waals surface area contributed by atoms with E-state index >= 15 is 0 Å². The molecule has 3 aromatic rings. The van der Waals surface area contributed by atoms with E-state index in [9.17, 15) is 18.4 Å². The molecule has 3 aromatic heterocycles. The van der Waals surface area contributed by atoms with Crippen molar-refractivity contribution < 1.29 is 8.78 Å². The average molecular weight is 310 g/mol. The first-order valence-corrected chi connectivity index (χ1v) is 6.32. The average Bonchev–Trinajstić information content (AvgIpc) is 3.10. The van der Waals surface area contributed by atoms with E-state index in [2.05, 4.69) is 9.97 Å². The molecule has 0 aliphatic heterocycles. The van der Waals surface area contributed by atoms with E-state index in [4.69, 9.17) is 0 Å². The molecule has 0 bridgehead atoms. The number of hydrogen-bond acceptors (Lipinski definition) is 4. The maximum atomic E-state index is 12.9. The van der Waals surface area contributed by atoms with Crippen LogP contribution in [0.2, 0.25) is 0 Å². The number of aromatic nitrogens is 6. The number of aryl methyl sites for hydroxylation is 1. The van der Waals surface area contributed by atoms with Gasteiger partial charge in [-0.05, 0) is 0 Å². The van der Waals surface area contributed by atoms with Gasteiger partial charge in [-0.15, -0.1) is 0 Å². The molecule has 0 saturated carbocycles. The van der Waals surface area contributed by atoms with Gasteiger partial charge in [0.15, 0.2) is 11.2 Å². The van der Waals surface area contributed by atoms with Gasteiger partial charge in [0.05, 0.1) is 12.9 Å². The minimum absolute atomic E-state index is 0.0543. The van der Waals surface area contributed by atoms with E-state index in [0.29, 0.717) is 4.57 Å². The summed E-state index contributed by atoms with van der Waals surface area (Å²) in [6.07, 6.45) is 3.75. The van der Waals surface area contributed by atoms with Gasteiger partial charge in [-0.3, -0.25) is 18.5 Å². The number of rotatable bonds is 3. The standard InChI is InChI=1S/C12H12F2N6O2/c1-17-9-8(10(21)18(2)12(17)22)19(6-16-9)5-7-15-3-4-20(7)11(13)14/h3-4,6,11H,5H2,1-2H3. The van der Waals surface area contributed by atoms with Crippen molar-refractivity contribution in [3.8, 4) is 0 Å². The lowest BCUT2D eigenvalue weighted by molar-refractivity contribution is 0.0667. The Balaban J connectivity index is 2.19. The Morgan fingerprint density at radius 3 is 2.59 bits per heavy atom. The molecular formula is C12H12F2N6O2. The predicted molar refractivity (Wildman–Crippen MR) is 72.8 cm³/mol. The van der Waals surface area contributed by atoms with E-state index in [-0.39, 0.29) is 23.5 Å². The molecule has 116 valence electrons. The lowest BCUT2D eigenvalue weighted by atomic mass is 10.4. The van der Waals surface area contributed by atoms with Crippen molar-refractivity contribution in [2.24, 2.45) is 14.1 Å². The van der Waals surface area contributed by atoms with Crippen LogP contribution in [0, 0.1) is 0 Å². The zero-order chi connectivity index (χ0) is 16.0. The zero-order valence-electron chi connectivity index (χ0n) is 11.8. The van der Waals surface area contributed by atoms with Crippen LogP contribution >= 0.6 is 0 Å². The summed E-state index contributed by atoms with van der Waals surface area (Å²) in [4.78, 5) is 32.0. The first-order valence-electron chi connectivity index (χ1n) is 6.32. The maximum Gasteiger partial charge on any atom is 0.332 e. The minimum Gasteiger partial charge on any atom is -0.317 e. The van der Waals surface area contributed by atoms with E-state index < -0.39 is 17.8 Å². The first-order chi connectivity index (χ1) is 10.4. The maximum absolute atomic E-state index is 12.9. The summed E-state index contributed by atoms with van der Waals surface area (Å²) in [6, 6.07) is 0. The lowest BCUT2D eigenvalue weighted by Gasteiger charge is -2.08. The van der Waals surface area contributed by atoms with Gasteiger partial charge in [0.25, 0.3) is 5.56 Å². The van der Waals surface area contributed by atoms with Crippen LogP contribution < -0.4 is 11.2 Å². The van der Waals surface area contributed by atoms with Crippen LogP contribution in [0.3, 0.4) is 0 Å². The van der Waals surface area contributed by atoms with Crippen LogP contribution in [0.25, 0.3) is 11.2 Å². The van der Waals surface area contributed by atoms with E-state index in [1.165, 1.54) is 35.8 Å². The summed E-state index contributed by atoms with van der Waals surface area (Å²) in [5, 5.41) is 0. The Morgan fingerprint density at radius 1 is 1.18 bits per heavy atom. The van der Waals surface area contributed by atoms with Gasteiger partial charge >= 0.3 is 12.2 Å². The Morgan fingerprint density at radius 2 is 1.91 bits per heavy atom. The van der Waals surface area contributed by atoms with Crippen LogP contribution in [0.1, 0.15) is 12.4 Å². The summed E-state index contributed by atoms with van der Waals surface area (Å²) in [5.74, 6) is 0.0882. The number of halogens is 2. The summed E-state index contributed by atoms with van der Waals surface area (Å²) >= 11 is 0. The molecule has 0 aliphatic carbocycles. The predicted octanol–water partition coefficient (Wildman–Crippen LogP) is 0.0736. The summed E-state index contributed by atoms with van der Waals surface area (Å²) in [5.41, 5.74) is -0.681. The Labute approximate surface area is 121 Å². The van der Waals surface area contributed by atoms with Gasteiger partial charge in [0.1, 0.15) is 5.82 Å². The third kappa shape index (κ3) is 1.95. The van der Waals surface area contributed by atoms with Crippen molar-refractivity contribution in [2.75, 3.05) is 0 Å². The highest BCUT2D eigenvalue weighted by molar-refractivity contribution is 5.70. The normalized spacial score (nSPS) is 11.7. The zero-order valence-corrected chi connectivity index (χ0v) is 11.8. The molecule has 0 unspecified atom stereocenters. The van der Waals surface area contributed by atoms with Crippen LogP contribution in [0.15, 0.2) is 28.3 Å². The molecule has 22 heavy (non-hydrogen) atoms. The summed E-state index contributed by atoms with van der Waals surface area (Å²) < 4.78 is 30.0. The first kappa shape index (κ1) is 14.2. The molecule has 0 spiro atoms. The number of imidazole rings is 2. The largest absolute Gasteiger partial charge is 0.332 e. The highest BCUT2D eigenvalue weighted by Crippen LogP contribution is 2.14. The van der Waals surface area contributed by atoms with Crippen LogP contribution in [0.5, 0.6) is 0 Å². The van der Waals surface area contributed by atoms with Crippen molar-refractivity contribution in [3.05, 3.63) is 45.4 Å². The second kappa shape index (κ2) is 4.90. The summed E-state index contributed by atoms with van der Waals surface area (Å²) in [7, 11) is 2.84. The number of alkyl halides is 2. The third-order valence-corrected chi connectivity index (χ3v) is 3.49. The molecule has 8 nitrogen and oxygen atoms in total. The Kier molecular flexibility index (Phi) is 3.15. The van der Waals surface area contributed by atoms with E-state index in [0.717, 1.165) is 10.8 Å². The second-order valence-electron chi connectivity index (χ2n) is 4.78. The molecule has 3 heterocycles. The number of fused-ring (bicyclic) bond motifs is 1. The van der Waals surface area contributed by atoms with E-state index in [1.54, 1.807) is 0 Å². The lowest BCUT2D eigenvalue weighted by Crippen LogP contribution is -2.37. The molecule has 0 aliphatic rings.